The Labute approximate surface area is 148 Å². The van der Waals surface area contributed by atoms with E-state index in [0.29, 0.717) is 17.7 Å². The van der Waals surface area contributed by atoms with E-state index in [-0.39, 0.29) is 18.3 Å². The number of Topliss-reactive ketones (excluding diaryl/α,β-unsaturated/α-hetero) is 1. The number of ether oxygens (including phenoxy) is 1. The third-order valence-corrected chi connectivity index (χ3v) is 4.51. The summed E-state index contributed by atoms with van der Waals surface area (Å²) in [5, 5.41) is 0. The lowest BCUT2D eigenvalue weighted by Crippen LogP contribution is -2.38. The zero-order valence-corrected chi connectivity index (χ0v) is 14.7. The Kier molecular flexibility index (Phi) is 5.17. The van der Waals surface area contributed by atoms with Gasteiger partial charge >= 0.3 is 0 Å². The average Bonchev–Trinajstić information content (AvgIpc) is 2.65. The summed E-state index contributed by atoms with van der Waals surface area (Å²) in [6, 6.07) is 13.2. The van der Waals surface area contributed by atoms with Crippen LogP contribution in [0.4, 0.5) is 5.69 Å². The van der Waals surface area contributed by atoms with Crippen LogP contribution in [0.1, 0.15) is 41.3 Å². The Bertz CT molecular complexity index is 780. The quantitative estimate of drug-likeness (QED) is 0.776. The first-order valence-corrected chi connectivity index (χ1v) is 8.74. The van der Waals surface area contributed by atoms with Gasteiger partial charge in [0.25, 0.3) is 5.91 Å². The largest absolute Gasteiger partial charge is 0.484 e. The number of benzene rings is 2. The summed E-state index contributed by atoms with van der Waals surface area (Å²) in [5.41, 5.74) is 4.10. The minimum Gasteiger partial charge on any atom is -0.484 e. The van der Waals surface area contributed by atoms with Crippen molar-refractivity contribution < 1.29 is 14.3 Å². The molecule has 4 nitrogen and oxygen atoms in total. The molecule has 2 aromatic rings. The molecule has 0 fully saturated rings. The highest BCUT2D eigenvalue weighted by atomic mass is 16.5. The van der Waals surface area contributed by atoms with Crippen molar-refractivity contribution in [1.82, 2.24) is 0 Å². The Morgan fingerprint density at radius 2 is 1.88 bits per heavy atom. The first kappa shape index (κ1) is 17.2. The molecule has 0 atom stereocenters. The van der Waals surface area contributed by atoms with Crippen molar-refractivity contribution >= 4 is 17.4 Å². The van der Waals surface area contributed by atoms with E-state index in [0.717, 1.165) is 25.1 Å². The van der Waals surface area contributed by atoms with Gasteiger partial charge in [-0.05, 0) is 55.7 Å². The molecule has 0 saturated carbocycles. The molecule has 1 aliphatic rings. The van der Waals surface area contributed by atoms with Crippen molar-refractivity contribution in [3.8, 4) is 5.75 Å². The molecule has 25 heavy (non-hydrogen) atoms. The molecule has 130 valence electrons. The molecule has 1 heterocycles. The molecule has 0 bridgehead atoms. The second kappa shape index (κ2) is 7.51. The van der Waals surface area contributed by atoms with Gasteiger partial charge in [0.2, 0.25) is 0 Å². The van der Waals surface area contributed by atoms with Gasteiger partial charge in [-0.25, -0.2) is 0 Å². The summed E-state index contributed by atoms with van der Waals surface area (Å²) in [7, 11) is 0. The van der Waals surface area contributed by atoms with Crippen LogP contribution in [0.15, 0.2) is 42.5 Å². The summed E-state index contributed by atoms with van der Waals surface area (Å²) >= 11 is 0. The average molecular weight is 337 g/mol. The van der Waals surface area contributed by atoms with Crippen LogP contribution in [-0.4, -0.2) is 24.8 Å². The van der Waals surface area contributed by atoms with Crippen LogP contribution in [0, 0.1) is 6.92 Å². The molecule has 0 saturated heterocycles. The summed E-state index contributed by atoms with van der Waals surface area (Å²) in [4.78, 5) is 26.0. The fourth-order valence-electron chi connectivity index (χ4n) is 3.15. The fourth-order valence-corrected chi connectivity index (χ4v) is 3.15. The minimum absolute atomic E-state index is 0.00557. The van der Waals surface area contributed by atoms with Gasteiger partial charge in [0.15, 0.2) is 12.4 Å². The van der Waals surface area contributed by atoms with E-state index in [9.17, 15) is 9.59 Å². The lowest BCUT2D eigenvalue weighted by Gasteiger charge is -2.29. The molecule has 0 radical (unpaired) electrons. The number of rotatable bonds is 5. The second-order valence-corrected chi connectivity index (χ2v) is 6.37. The summed E-state index contributed by atoms with van der Waals surface area (Å²) < 4.78 is 5.63. The number of nitrogens with zero attached hydrogens (tertiary/aromatic N) is 1. The van der Waals surface area contributed by atoms with Gasteiger partial charge in [-0.2, -0.15) is 0 Å². The van der Waals surface area contributed by atoms with Crippen molar-refractivity contribution in [3.05, 3.63) is 59.2 Å². The number of carbonyl (C=O) groups is 2. The van der Waals surface area contributed by atoms with E-state index in [1.165, 1.54) is 11.1 Å². The molecule has 1 aliphatic heterocycles. The van der Waals surface area contributed by atoms with E-state index >= 15 is 0 Å². The Morgan fingerprint density at radius 3 is 2.60 bits per heavy atom. The molecule has 0 N–H and O–H groups in total. The Balaban J connectivity index is 1.65. The first-order chi connectivity index (χ1) is 12.1. The number of carbonyl (C=O) groups excluding carboxylic acids is 2. The highest BCUT2D eigenvalue weighted by molar-refractivity contribution is 5.96. The normalized spacial score (nSPS) is 13.3. The number of ketones is 1. The molecular weight excluding hydrogens is 314 g/mol. The third kappa shape index (κ3) is 3.90. The number of hydrogen-bond donors (Lipinski definition) is 0. The standard InChI is InChI=1S/C21H23NO3/c1-3-20(23)16-7-9-18(10-8-16)25-14-21(24)22-12-4-5-17-13-15(2)6-11-19(17)22/h6-11,13H,3-5,12,14H2,1-2H3. The molecular formula is C21H23NO3. The number of aryl methyl sites for hydroxylation is 2. The van der Waals surface area contributed by atoms with E-state index in [1.807, 2.05) is 24.0 Å². The fraction of sp³-hybridized carbons (Fsp3) is 0.333. The predicted molar refractivity (Wildman–Crippen MR) is 98.4 cm³/mol. The molecule has 1 amide bonds. The van der Waals surface area contributed by atoms with Crippen LogP contribution >= 0.6 is 0 Å². The lowest BCUT2D eigenvalue weighted by molar-refractivity contribution is -0.120. The van der Waals surface area contributed by atoms with Crippen LogP contribution in [-0.2, 0) is 11.2 Å². The van der Waals surface area contributed by atoms with E-state index in [2.05, 4.69) is 13.0 Å². The maximum atomic E-state index is 12.6. The number of amides is 1. The van der Waals surface area contributed by atoms with Crippen LogP contribution in [0.3, 0.4) is 0 Å². The molecule has 0 aliphatic carbocycles. The van der Waals surface area contributed by atoms with Crippen molar-refractivity contribution in [3.63, 3.8) is 0 Å². The highest BCUT2D eigenvalue weighted by Crippen LogP contribution is 2.28. The second-order valence-electron chi connectivity index (χ2n) is 6.37. The van der Waals surface area contributed by atoms with Crippen LogP contribution in [0.25, 0.3) is 0 Å². The molecule has 0 aromatic heterocycles. The lowest BCUT2D eigenvalue weighted by atomic mass is 9.99. The SMILES string of the molecule is CCC(=O)c1ccc(OCC(=O)N2CCCc3cc(C)ccc32)cc1. The third-order valence-electron chi connectivity index (χ3n) is 4.51. The van der Waals surface area contributed by atoms with Gasteiger partial charge in [0, 0.05) is 24.2 Å². The first-order valence-electron chi connectivity index (χ1n) is 8.74. The summed E-state index contributed by atoms with van der Waals surface area (Å²) in [6.07, 6.45) is 2.46. The molecule has 3 rings (SSSR count). The zero-order chi connectivity index (χ0) is 17.8. The molecule has 4 heteroatoms. The number of anilines is 1. The molecule has 0 unspecified atom stereocenters. The van der Waals surface area contributed by atoms with Gasteiger partial charge in [-0.3, -0.25) is 9.59 Å². The smallest absolute Gasteiger partial charge is 0.264 e. The van der Waals surface area contributed by atoms with Crippen molar-refractivity contribution in [2.75, 3.05) is 18.1 Å². The van der Waals surface area contributed by atoms with Gasteiger partial charge in [-0.15, -0.1) is 0 Å². The van der Waals surface area contributed by atoms with E-state index in [4.69, 9.17) is 4.74 Å². The number of hydrogen-bond acceptors (Lipinski definition) is 3. The van der Waals surface area contributed by atoms with Gasteiger partial charge in [0.05, 0.1) is 0 Å². The maximum absolute atomic E-state index is 12.6. The summed E-state index contributed by atoms with van der Waals surface area (Å²) in [6.45, 7) is 4.62. The van der Waals surface area contributed by atoms with E-state index in [1.54, 1.807) is 24.3 Å². The maximum Gasteiger partial charge on any atom is 0.264 e. The van der Waals surface area contributed by atoms with Crippen molar-refractivity contribution in [1.29, 1.82) is 0 Å². The van der Waals surface area contributed by atoms with Crippen molar-refractivity contribution in [2.45, 2.75) is 33.1 Å². The van der Waals surface area contributed by atoms with Gasteiger partial charge < -0.3 is 9.64 Å². The van der Waals surface area contributed by atoms with Crippen LogP contribution in [0.5, 0.6) is 5.75 Å². The van der Waals surface area contributed by atoms with Crippen molar-refractivity contribution in [2.24, 2.45) is 0 Å². The Morgan fingerprint density at radius 1 is 1.12 bits per heavy atom. The number of fused-ring (bicyclic) bond motifs is 1. The highest BCUT2D eigenvalue weighted by Gasteiger charge is 2.22. The monoisotopic (exact) mass is 337 g/mol. The molecule has 2 aromatic carbocycles. The molecule has 0 spiro atoms. The van der Waals surface area contributed by atoms with E-state index < -0.39 is 0 Å². The predicted octanol–water partition coefficient (Wildman–Crippen LogP) is 3.95. The minimum atomic E-state index is -0.0430. The Hall–Kier alpha value is -2.62. The summed E-state index contributed by atoms with van der Waals surface area (Å²) in [5.74, 6) is 0.656. The zero-order valence-electron chi connectivity index (χ0n) is 14.7. The van der Waals surface area contributed by atoms with Gasteiger partial charge in [0.1, 0.15) is 5.75 Å². The van der Waals surface area contributed by atoms with Gasteiger partial charge in [-0.1, -0.05) is 24.6 Å². The topological polar surface area (TPSA) is 46.6 Å². The van der Waals surface area contributed by atoms with Crippen LogP contribution < -0.4 is 9.64 Å². The van der Waals surface area contributed by atoms with Crippen LogP contribution in [0.2, 0.25) is 0 Å².